The van der Waals surface area contributed by atoms with Crippen molar-refractivity contribution in [1.29, 1.82) is 0 Å². The van der Waals surface area contributed by atoms with Crippen molar-refractivity contribution in [3.05, 3.63) is 61.6 Å². The number of aromatic nitrogens is 5. The van der Waals surface area contributed by atoms with Gasteiger partial charge in [0.25, 0.3) is 5.56 Å². The van der Waals surface area contributed by atoms with E-state index in [4.69, 9.17) is 11.6 Å². The highest BCUT2D eigenvalue weighted by Crippen LogP contribution is 2.23. The summed E-state index contributed by atoms with van der Waals surface area (Å²) in [5.41, 5.74) is 1.60. The first-order valence-corrected chi connectivity index (χ1v) is 9.21. The van der Waals surface area contributed by atoms with Crippen molar-refractivity contribution in [2.45, 2.75) is 13.0 Å². The fourth-order valence-corrected chi connectivity index (χ4v) is 3.82. The molecule has 0 radical (unpaired) electrons. The van der Waals surface area contributed by atoms with Crippen LogP contribution in [0, 0.1) is 0 Å². The predicted octanol–water partition coefficient (Wildman–Crippen LogP) is 1.16. The van der Waals surface area contributed by atoms with Gasteiger partial charge in [-0.05, 0) is 24.3 Å². The van der Waals surface area contributed by atoms with Crippen molar-refractivity contribution in [1.82, 2.24) is 23.3 Å². The molecule has 0 unspecified atom stereocenters. The van der Waals surface area contributed by atoms with Gasteiger partial charge in [-0.15, -0.1) is 0 Å². The van der Waals surface area contributed by atoms with Gasteiger partial charge in [0, 0.05) is 49.2 Å². The van der Waals surface area contributed by atoms with Crippen LogP contribution >= 0.6 is 11.6 Å². The lowest BCUT2D eigenvalue weighted by molar-refractivity contribution is 0.295. The van der Waals surface area contributed by atoms with Gasteiger partial charge in [0.15, 0.2) is 11.2 Å². The fraction of sp³-hybridized carbons (Fsp3) is 0.316. The molecule has 4 aromatic rings. The monoisotopic (exact) mass is 401 g/mol. The zero-order valence-corrected chi connectivity index (χ0v) is 16.6. The topological polar surface area (TPSA) is 87.0 Å². The molecule has 3 aromatic heterocycles. The lowest BCUT2D eigenvalue weighted by Crippen LogP contribution is -2.40. The quantitative estimate of drug-likeness (QED) is 0.556. The molecule has 28 heavy (non-hydrogen) atoms. The summed E-state index contributed by atoms with van der Waals surface area (Å²) in [7, 11) is 5.20. The highest BCUT2D eigenvalue weighted by Gasteiger charge is 2.19. The number of nitrogens with zero attached hydrogens (tertiary/aromatic N) is 5. The molecule has 0 aliphatic rings. The summed E-state index contributed by atoms with van der Waals surface area (Å²) in [6, 6.07) is 7.50. The average Bonchev–Trinajstić information content (AvgIpc) is 3.14. The molecular formula is C19H20ClN5O3. The van der Waals surface area contributed by atoms with E-state index >= 15 is 0 Å². The molecule has 0 saturated heterocycles. The number of hydrogen-bond acceptors (Lipinski definition) is 4. The van der Waals surface area contributed by atoms with E-state index < -0.39 is 11.2 Å². The molecule has 0 fully saturated rings. The lowest BCUT2D eigenvalue weighted by atomic mass is 10.2. The van der Waals surface area contributed by atoms with Crippen LogP contribution in [0.25, 0.3) is 22.1 Å². The minimum atomic E-state index is -0.436. The van der Waals surface area contributed by atoms with E-state index in [1.54, 1.807) is 18.7 Å². The van der Waals surface area contributed by atoms with Gasteiger partial charge < -0.3 is 14.2 Å². The van der Waals surface area contributed by atoms with Gasteiger partial charge in [-0.2, -0.15) is 0 Å². The fourth-order valence-electron chi connectivity index (χ4n) is 3.64. The maximum absolute atomic E-state index is 13.1. The summed E-state index contributed by atoms with van der Waals surface area (Å²) >= 11 is 6.08. The number of hydrogen-bond donors (Lipinski definition) is 1. The van der Waals surface area contributed by atoms with Crippen molar-refractivity contribution < 1.29 is 5.11 Å². The second-order valence-electron chi connectivity index (χ2n) is 6.86. The van der Waals surface area contributed by atoms with Crippen LogP contribution in [0.1, 0.15) is 11.5 Å². The summed E-state index contributed by atoms with van der Waals surface area (Å²) in [5, 5.41) is 10.8. The molecule has 146 valence electrons. The van der Waals surface area contributed by atoms with Crippen molar-refractivity contribution >= 4 is 33.7 Å². The molecule has 0 aliphatic heterocycles. The summed E-state index contributed by atoms with van der Waals surface area (Å²) in [4.78, 5) is 30.4. The molecular weight excluding hydrogens is 382 g/mol. The number of halogens is 1. The number of fused-ring (bicyclic) bond motifs is 2. The Bertz CT molecular complexity index is 1340. The van der Waals surface area contributed by atoms with Gasteiger partial charge in [0.05, 0.1) is 13.2 Å². The highest BCUT2D eigenvalue weighted by atomic mass is 35.5. The van der Waals surface area contributed by atoms with Gasteiger partial charge in [-0.25, -0.2) is 9.78 Å². The SMILES string of the molecule is Cn1c(Cn2c(=O)c3c(nc(CCO)n3C)n(C)c2=O)cc2cc(Cl)ccc21. The average molecular weight is 402 g/mol. The van der Waals surface area contributed by atoms with Crippen molar-refractivity contribution in [2.75, 3.05) is 6.61 Å². The van der Waals surface area contributed by atoms with Crippen LogP contribution in [-0.2, 0) is 34.1 Å². The van der Waals surface area contributed by atoms with Crippen LogP contribution in [0.5, 0.6) is 0 Å². The third-order valence-electron chi connectivity index (χ3n) is 5.21. The Labute approximate surface area is 164 Å². The maximum atomic E-state index is 13.1. The predicted molar refractivity (Wildman–Crippen MR) is 108 cm³/mol. The van der Waals surface area contributed by atoms with E-state index in [2.05, 4.69) is 4.98 Å². The normalized spacial score (nSPS) is 11.8. The third kappa shape index (κ3) is 2.68. The first-order chi connectivity index (χ1) is 13.3. The molecule has 8 nitrogen and oxygen atoms in total. The third-order valence-corrected chi connectivity index (χ3v) is 5.45. The molecule has 0 spiro atoms. The maximum Gasteiger partial charge on any atom is 0.332 e. The number of imidazole rings is 1. The smallest absolute Gasteiger partial charge is 0.332 e. The Morgan fingerprint density at radius 2 is 1.82 bits per heavy atom. The second kappa shape index (κ2) is 6.65. The highest BCUT2D eigenvalue weighted by molar-refractivity contribution is 6.31. The molecule has 4 rings (SSSR count). The van der Waals surface area contributed by atoms with Gasteiger partial charge in [-0.3, -0.25) is 13.9 Å². The van der Waals surface area contributed by atoms with Crippen LogP contribution in [-0.4, -0.2) is 35.0 Å². The van der Waals surface area contributed by atoms with Crippen molar-refractivity contribution in [3.8, 4) is 0 Å². The number of aliphatic hydroxyl groups is 1. The molecule has 1 aromatic carbocycles. The number of benzene rings is 1. The van der Waals surface area contributed by atoms with Crippen LogP contribution in [0.3, 0.4) is 0 Å². The molecule has 0 amide bonds. The first-order valence-electron chi connectivity index (χ1n) is 8.83. The van der Waals surface area contributed by atoms with Crippen molar-refractivity contribution in [2.24, 2.45) is 21.1 Å². The van der Waals surface area contributed by atoms with Gasteiger partial charge in [0.2, 0.25) is 0 Å². The van der Waals surface area contributed by atoms with Gasteiger partial charge >= 0.3 is 5.69 Å². The molecule has 0 bridgehead atoms. The number of aryl methyl sites for hydroxylation is 3. The van der Waals surface area contributed by atoms with E-state index in [9.17, 15) is 14.7 Å². The summed E-state index contributed by atoms with van der Waals surface area (Å²) in [6.45, 7) is 0.0442. The zero-order chi connectivity index (χ0) is 20.2. The zero-order valence-electron chi connectivity index (χ0n) is 15.8. The van der Waals surface area contributed by atoms with E-state index in [0.717, 1.165) is 16.6 Å². The van der Waals surface area contributed by atoms with Crippen LogP contribution in [0.2, 0.25) is 5.02 Å². The van der Waals surface area contributed by atoms with E-state index in [-0.39, 0.29) is 13.2 Å². The Hall–Kier alpha value is -2.84. The number of aliphatic hydroxyl groups excluding tert-OH is 1. The first kappa shape index (κ1) is 18.5. The lowest BCUT2D eigenvalue weighted by Gasteiger charge is -2.10. The van der Waals surface area contributed by atoms with E-state index in [0.29, 0.717) is 28.4 Å². The summed E-state index contributed by atoms with van der Waals surface area (Å²) in [6.07, 6.45) is 0.308. The molecule has 9 heteroatoms. The summed E-state index contributed by atoms with van der Waals surface area (Å²) in [5.74, 6) is 0.557. The van der Waals surface area contributed by atoms with Crippen molar-refractivity contribution in [3.63, 3.8) is 0 Å². The number of rotatable bonds is 4. The van der Waals surface area contributed by atoms with Gasteiger partial charge in [0.1, 0.15) is 5.82 Å². The van der Waals surface area contributed by atoms with E-state index in [1.165, 1.54) is 9.13 Å². The second-order valence-corrected chi connectivity index (χ2v) is 7.30. The summed E-state index contributed by atoms with van der Waals surface area (Å²) < 4.78 is 6.17. The molecule has 0 aliphatic carbocycles. The molecule has 3 heterocycles. The van der Waals surface area contributed by atoms with Crippen LogP contribution < -0.4 is 11.2 Å². The molecule has 0 atom stereocenters. The van der Waals surface area contributed by atoms with Crippen LogP contribution in [0.4, 0.5) is 0 Å². The minimum Gasteiger partial charge on any atom is -0.396 e. The largest absolute Gasteiger partial charge is 0.396 e. The van der Waals surface area contributed by atoms with E-state index in [1.807, 2.05) is 35.9 Å². The Morgan fingerprint density at radius 1 is 1.07 bits per heavy atom. The Balaban J connectivity index is 1.92. The Morgan fingerprint density at radius 3 is 2.54 bits per heavy atom. The standard InChI is InChI=1S/C19H20ClN5O3/c1-22-13(9-11-8-12(20)4-5-14(11)22)10-25-18(27)16-17(24(3)19(25)28)21-15(6-7-26)23(16)2/h4-5,8-9,26H,6-7,10H2,1-3H3. The minimum absolute atomic E-state index is 0.0855. The van der Waals surface area contributed by atoms with Gasteiger partial charge in [-0.1, -0.05) is 11.6 Å². The van der Waals surface area contributed by atoms with Crippen LogP contribution in [0.15, 0.2) is 33.9 Å². The molecule has 1 N–H and O–H groups in total. The molecule has 0 saturated carbocycles. The Kier molecular flexibility index (Phi) is 4.40.